The summed E-state index contributed by atoms with van der Waals surface area (Å²) in [5, 5.41) is 5.01. The third-order valence-electron chi connectivity index (χ3n) is 7.14. The molecule has 36 heavy (non-hydrogen) atoms. The third-order valence-corrected chi connectivity index (χ3v) is 7.14. The molecule has 0 radical (unpaired) electrons. The SMILES string of the molecule is Cc1c(C(=O)C(=O)NC2(C(N)=CNN)CC2)c2n(c1C(=O)Nc1ccnc(C(F)F)c1F)C1CC1C2. The first kappa shape index (κ1) is 23.9. The van der Waals surface area contributed by atoms with E-state index in [9.17, 15) is 27.6 Å². The molecule has 2 amide bonds. The number of pyridine rings is 1. The van der Waals surface area contributed by atoms with Crippen molar-refractivity contribution in [2.24, 2.45) is 17.5 Å². The summed E-state index contributed by atoms with van der Waals surface area (Å²) < 4.78 is 42.3. The fourth-order valence-corrected chi connectivity index (χ4v) is 5.05. The lowest BCUT2D eigenvalue weighted by Crippen LogP contribution is -2.45. The van der Waals surface area contributed by atoms with Crippen molar-refractivity contribution in [2.45, 2.75) is 50.6 Å². The smallest absolute Gasteiger partial charge is 0.293 e. The van der Waals surface area contributed by atoms with Gasteiger partial charge in [0.15, 0.2) is 5.82 Å². The molecule has 0 spiro atoms. The molecule has 7 N–H and O–H groups in total. The van der Waals surface area contributed by atoms with Gasteiger partial charge in [0.1, 0.15) is 11.4 Å². The van der Waals surface area contributed by atoms with Crippen LogP contribution in [0.15, 0.2) is 24.2 Å². The second-order valence-electron chi connectivity index (χ2n) is 9.38. The van der Waals surface area contributed by atoms with Gasteiger partial charge in [-0.05, 0) is 50.2 Å². The van der Waals surface area contributed by atoms with Crippen molar-refractivity contribution in [1.82, 2.24) is 20.3 Å². The Bertz CT molecular complexity index is 1330. The fraction of sp³-hybridized carbons (Fsp3) is 0.391. The zero-order valence-corrected chi connectivity index (χ0v) is 19.2. The number of hydrogen-bond acceptors (Lipinski definition) is 7. The summed E-state index contributed by atoms with van der Waals surface area (Å²) in [7, 11) is 0. The highest BCUT2D eigenvalue weighted by Gasteiger charge is 2.52. The van der Waals surface area contributed by atoms with Crippen LogP contribution in [0.4, 0.5) is 18.9 Å². The molecule has 13 heteroatoms. The quantitative estimate of drug-likeness (QED) is 0.159. The number of nitrogens with one attached hydrogen (secondary N) is 3. The van der Waals surface area contributed by atoms with Crippen LogP contribution >= 0.6 is 0 Å². The molecule has 2 aliphatic carbocycles. The number of carbonyl (C=O) groups is 3. The molecule has 2 atom stereocenters. The average molecular weight is 503 g/mol. The summed E-state index contributed by atoms with van der Waals surface area (Å²) in [5.41, 5.74) is 7.18. The lowest BCUT2D eigenvalue weighted by Gasteiger charge is -2.17. The Morgan fingerprint density at radius 3 is 2.67 bits per heavy atom. The summed E-state index contributed by atoms with van der Waals surface area (Å²) in [6.45, 7) is 1.53. The van der Waals surface area contributed by atoms with Gasteiger partial charge in [-0.1, -0.05) is 0 Å². The molecule has 3 heterocycles. The highest BCUT2D eigenvalue weighted by molar-refractivity contribution is 6.44. The molecule has 190 valence electrons. The third kappa shape index (κ3) is 3.70. The van der Waals surface area contributed by atoms with Gasteiger partial charge < -0.3 is 26.4 Å². The van der Waals surface area contributed by atoms with Gasteiger partial charge in [0.05, 0.1) is 22.5 Å². The van der Waals surface area contributed by atoms with Gasteiger partial charge >= 0.3 is 0 Å². The van der Waals surface area contributed by atoms with Crippen LogP contribution in [-0.4, -0.2) is 32.7 Å². The van der Waals surface area contributed by atoms with E-state index in [-0.39, 0.29) is 34.5 Å². The van der Waals surface area contributed by atoms with Crippen LogP contribution in [0, 0.1) is 18.7 Å². The average Bonchev–Trinajstić information content (AvgIpc) is 3.72. The minimum absolute atomic E-state index is 0.0213. The minimum atomic E-state index is -3.16. The molecule has 3 aliphatic rings. The molecule has 0 saturated heterocycles. The monoisotopic (exact) mass is 503 g/mol. The van der Waals surface area contributed by atoms with Crippen molar-refractivity contribution in [3.8, 4) is 0 Å². The number of alkyl halides is 2. The Kier molecular flexibility index (Phi) is 5.54. The number of Topliss-reactive ketones (excluding diaryl/α,β-unsaturated/α-hetero) is 1. The molecule has 2 aromatic rings. The zero-order chi connectivity index (χ0) is 25.9. The van der Waals surface area contributed by atoms with Crippen molar-refractivity contribution in [3.05, 3.63) is 58.2 Å². The highest BCUT2D eigenvalue weighted by atomic mass is 19.3. The van der Waals surface area contributed by atoms with Gasteiger partial charge in [-0.25, -0.2) is 13.2 Å². The molecule has 2 aromatic heterocycles. The molecular formula is C23H24F3N7O3. The molecule has 5 rings (SSSR count). The standard InChI is InChI=1S/C23H24F3N7O3/c1-9-15(19(34)22(36)32-23(3-4-23)14(27)8-30-28)13-7-10-6-12(10)33(13)18(9)21(35)31-11-2-5-29-17(16(11)24)20(25)26/h2,5,8,10,12,20,30H,3-4,6-7,27-28H2,1H3,(H,32,36)(H,29,31,35). The van der Waals surface area contributed by atoms with Gasteiger partial charge in [-0.3, -0.25) is 25.2 Å². The molecule has 0 aromatic carbocycles. The number of amides is 2. The van der Waals surface area contributed by atoms with E-state index in [0.717, 1.165) is 18.7 Å². The first-order chi connectivity index (χ1) is 17.1. The number of halogens is 3. The number of ketones is 1. The zero-order valence-electron chi connectivity index (χ0n) is 19.2. The second-order valence-corrected chi connectivity index (χ2v) is 9.38. The number of nitrogens with zero attached hydrogens (tertiary/aromatic N) is 2. The van der Waals surface area contributed by atoms with Gasteiger partial charge in [0.25, 0.3) is 24.0 Å². The maximum absolute atomic E-state index is 14.5. The van der Waals surface area contributed by atoms with Crippen LogP contribution < -0.4 is 27.6 Å². The van der Waals surface area contributed by atoms with Crippen LogP contribution in [0.5, 0.6) is 0 Å². The van der Waals surface area contributed by atoms with Crippen molar-refractivity contribution >= 4 is 23.3 Å². The second kappa shape index (κ2) is 8.36. The Hall–Kier alpha value is -3.87. The summed E-state index contributed by atoms with van der Waals surface area (Å²) >= 11 is 0. The van der Waals surface area contributed by atoms with Gasteiger partial charge in [-0.2, -0.15) is 0 Å². The van der Waals surface area contributed by atoms with Gasteiger partial charge in [-0.15, -0.1) is 0 Å². The topological polar surface area (TPSA) is 157 Å². The Morgan fingerprint density at radius 1 is 1.31 bits per heavy atom. The van der Waals surface area contributed by atoms with Crippen LogP contribution in [-0.2, 0) is 11.2 Å². The number of hydrogen-bond donors (Lipinski definition) is 5. The first-order valence-corrected chi connectivity index (χ1v) is 11.4. The van der Waals surface area contributed by atoms with Crippen LogP contribution in [0.25, 0.3) is 0 Å². The van der Waals surface area contributed by atoms with Crippen LogP contribution in [0.1, 0.15) is 69.5 Å². The van der Waals surface area contributed by atoms with E-state index >= 15 is 0 Å². The van der Waals surface area contributed by atoms with E-state index in [1.165, 1.54) is 13.1 Å². The first-order valence-electron chi connectivity index (χ1n) is 11.4. The summed E-state index contributed by atoms with van der Waals surface area (Å²) in [4.78, 5) is 42.8. The minimum Gasteiger partial charge on any atom is -0.399 e. The summed E-state index contributed by atoms with van der Waals surface area (Å²) in [6, 6.07) is 1.05. The van der Waals surface area contributed by atoms with Crippen molar-refractivity contribution in [2.75, 3.05) is 5.32 Å². The van der Waals surface area contributed by atoms with Crippen molar-refractivity contribution in [3.63, 3.8) is 0 Å². The molecule has 2 unspecified atom stereocenters. The maximum Gasteiger partial charge on any atom is 0.293 e. The number of aromatic nitrogens is 2. The Balaban J connectivity index is 1.46. The lowest BCUT2D eigenvalue weighted by molar-refractivity contribution is -0.117. The maximum atomic E-state index is 14.5. The molecular weight excluding hydrogens is 479 g/mol. The van der Waals surface area contributed by atoms with Gasteiger partial charge in [0, 0.05) is 24.1 Å². The van der Waals surface area contributed by atoms with Crippen molar-refractivity contribution in [1.29, 1.82) is 0 Å². The molecule has 2 saturated carbocycles. The summed E-state index contributed by atoms with van der Waals surface area (Å²) in [6.07, 6.45) is 1.55. The Labute approximate surface area is 203 Å². The largest absolute Gasteiger partial charge is 0.399 e. The van der Waals surface area contributed by atoms with Crippen LogP contribution in [0.2, 0.25) is 0 Å². The van der Waals surface area contributed by atoms with E-state index in [1.54, 1.807) is 4.57 Å². The normalized spacial score (nSPS) is 21.0. The molecule has 1 aliphatic heterocycles. The van der Waals surface area contributed by atoms with E-state index in [1.807, 2.05) is 0 Å². The van der Waals surface area contributed by atoms with Crippen molar-refractivity contribution < 1.29 is 27.6 Å². The number of nitrogens with two attached hydrogens (primary N) is 2. The number of fused-ring (bicyclic) bond motifs is 3. The van der Waals surface area contributed by atoms with E-state index < -0.39 is 46.8 Å². The van der Waals surface area contributed by atoms with E-state index in [4.69, 9.17) is 11.6 Å². The number of carbonyl (C=O) groups excluding carboxylic acids is 3. The number of anilines is 1. The van der Waals surface area contributed by atoms with Crippen LogP contribution in [0.3, 0.4) is 0 Å². The molecule has 2 fully saturated rings. The Morgan fingerprint density at radius 2 is 2.03 bits per heavy atom. The number of rotatable bonds is 8. The molecule has 0 bridgehead atoms. The highest BCUT2D eigenvalue weighted by Crippen LogP contribution is 2.54. The fourth-order valence-electron chi connectivity index (χ4n) is 5.05. The molecule has 10 nitrogen and oxygen atoms in total. The number of hydrazine groups is 1. The van der Waals surface area contributed by atoms with E-state index in [2.05, 4.69) is 21.0 Å². The van der Waals surface area contributed by atoms with Gasteiger partial charge in [0.2, 0.25) is 0 Å². The predicted octanol–water partition coefficient (Wildman–Crippen LogP) is 1.73. The summed E-state index contributed by atoms with van der Waals surface area (Å²) in [5.74, 6) is 1.70. The predicted molar refractivity (Wildman–Crippen MR) is 121 cm³/mol. The lowest BCUT2D eigenvalue weighted by atomic mass is 10.0. The van der Waals surface area contributed by atoms with E-state index in [0.29, 0.717) is 25.0 Å².